The van der Waals surface area contributed by atoms with E-state index in [0.717, 1.165) is 37.1 Å². The lowest BCUT2D eigenvalue weighted by Crippen LogP contribution is -2.40. The number of piperidine rings is 1. The molecule has 0 spiro atoms. The Balaban J connectivity index is 1.37. The molecule has 1 unspecified atom stereocenters. The average Bonchev–Trinajstić information content (AvgIpc) is 3.32. The van der Waals surface area contributed by atoms with Gasteiger partial charge >= 0.3 is 0 Å². The van der Waals surface area contributed by atoms with Gasteiger partial charge in [-0.05, 0) is 38.5 Å². The summed E-state index contributed by atoms with van der Waals surface area (Å²) in [7, 11) is 0. The summed E-state index contributed by atoms with van der Waals surface area (Å²) < 4.78 is 0. The predicted octanol–water partition coefficient (Wildman–Crippen LogP) is 1.48. The van der Waals surface area contributed by atoms with Gasteiger partial charge in [-0.2, -0.15) is 0 Å². The maximum atomic E-state index is 9.50. The molecule has 2 N–H and O–H groups in total. The topological polar surface area (TPSA) is 64.5 Å². The van der Waals surface area contributed by atoms with Crippen molar-refractivity contribution in [1.82, 2.24) is 14.9 Å². The summed E-state index contributed by atoms with van der Waals surface area (Å²) in [6, 6.07) is 3.65. The van der Waals surface area contributed by atoms with E-state index >= 15 is 0 Å². The summed E-state index contributed by atoms with van der Waals surface area (Å²) in [5.74, 6) is 1.86. The SMILES string of the molecule is OCC1CCCN1c1cc(NC2CCN(C3CC3)CC2)ncn1. The van der Waals surface area contributed by atoms with Gasteiger partial charge < -0.3 is 20.2 Å². The number of likely N-dealkylation sites (tertiary alicyclic amines) is 1. The summed E-state index contributed by atoms with van der Waals surface area (Å²) in [5, 5.41) is 13.1. The maximum Gasteiger partial charge on any atom is 0.134 e. The molecule has 3 fully saturated rings. The molecule has 6 heteroatoms. The molecule has 1 aromatic heterocycles. The summed E-state index contributed by atoms with van der Waals surface area (Å²) in [4.78, 5) is 13.7. The van der Waals surface area contributed by atoms with Crippen LogP contribution in [0, 0.1) is 0 Å². The quantitative estimate of drug-likeness (QED) is 0.857. The molecule has 4 rings (SSSR count). The number of hydrogen-bond acceptors (Lipinski definition) is 6. The molecule has 1 atom stereocenters. The van der Waals surface area contributed by atoms with E-state index in [0.29, 0.717) is 6.04 Å². The Morgan fingerprint density at radius 3 is 2.65 bits per heavy atom. The van der Waals surface area contributed by atoms with Crippen LogP contribution in [0.5, 0.6) is 0 Å². The third-order valence-corrected chi connectivity index (χ3v) is 5.48. The number of nitrogens with zero attached hydrogens (tertiary/aromatic N) is 4. The summed E-state index contributed by atoms with van der Waals surface area (Å²) in [6.07, 6.45) is 8.99. The molecule has 3 aliphatic rings. The Morgan fingerprint density at radius 2 is 1.91 bits per heavy atom. The van der Waals surface area contributed by atoms with E-state index in [1.54, 1.807) is 6.33 Å². The fourth-order valence-corrected chi connectivity index (χ4v) is 3.97. The first-order valence-corrected chi connectivity index (χ1v) is 9.03. The Morgan fingerprint density at radius 1 is 1.09 bits per heavy atom. The van der Waals surface area contributed by atoms with Crippen molar-refractivity contribution in [2.24, 2.45) is 0 Å². The van der Waals surface area contributed by atoms with Gasteiger partial charge in [0.15, 0.2) is 0 Å². The molecule has 23 heavy (non-hydrogen) atoms. The molecule has 2 saturated heterocycles. The third-order valence-electron chi connectivity index (χ3n) is 5.48. The van der Waals surface area contributed by atoms with Crippen LogP contribution in [0.3, 0.4) is 0 Å². The van der Waals surface area contributed by atoms with Crippen molar-refractivity contribution >= 4 is 11.6 Å². The molecule has 1 saturated carbocycles. The number of aromatic nitrogens is 2. The molecule has 0 radical (unpaired) electrons. The number of anilines is 2. The van der Waals surface area contributed by atoms with Crippen LogP contribution in [-0.4, -0.2) is 64.3 Å². The molecule has 126 valence electrons. The van der Waals surface area contributed by atoms with Crippen LogP contribution in [0.4, 0.5) is 11.6 Å². The van der Waals surface area contributed by atoms with Gasteiger partial charge in [-0.25, -0.2) is 9.97 Å². The Hall–Kier alpha value is -1.40. The second-order valence-corrected chi connectivity index (χ2v) is 7.12. The van der Waals surface area contributed by atoms with Crippen LogP contribution in [0.25, 0.3) is 0 Å². The van der Waals surface area contributed by atoms with E-state index in [4.69, 9.17) is 0 Å². The monoisotopic (exact) mass is 317 g/mol. The van der Waals surface area contributed by atoms with E-state index < -0.39 is 0 Å². The highest BCUT2D eigenvalue weighted by Crippen LogP contribution is 2.30. The van der Waals surface area contributed by atoms with Crippen LogP contribution >= 0.6 is 0 Å². The first kappa shape index (κ1) is 15.1. The van der Waals surface area contributed by atoms with Gasteiger partial charge in [0.2, 0.25) is 0 Å². The van der Waals surface area contributed by atoms with Crippen molar-refractivity contribution in [3.8, 4) is 0 Å². The van der Waals surface area contributed by atoms with Crippen molar-refractivity contribution in [2.45, 2.75) is 56.7 Å². The Kier molecular flexibility index (Phi) is 4.35. The fourth-order valence-electron chi connectivity index (χ4n) is 3.97. The van der Waals surface area contributed by atoms with Crippen LogP contribution in [0.2, 0.25) is 0 Å². The minimum Gasteiger partial charge on any atom is -0.394 e. The highest BCUT2D eigenvalue weighted by molar-refractivity contribution is 5.50. The lowest BCUT2D eigenvalue weighted by Gasteiger charge is -2.32. The lowest BCUT2D eigenvalue weighted by atomic mass is 10.0. The second-order valence-electron chi connectivity index (χ2n) is 7.12. The van der Waals surface area contributed by atoms with Crippen LogP contribution in [0.15, 0.2) is 12.4 Å². The Labute approximate surface area is 137 Å². The summed E-state index contributed by atoms with van der Waals surface area (Å²) >= 11 is 0. The van der Waals surface area contributed by atoms with Gasteiger partial charge in [0.1, 0.15) is 18.0 Å². The molecular formula is C17H27N5O. The van der Waals surface area contributed by atoms with Gasteiger partial charge in [-0.1, -0.05) is 0 Å². The number of nitrogens with one attached hydrogen (secondary N) is 1. The Bertz CT molecular complexity index is 527. The fraction of sp³-hybridized carbons (Fsp3) is 0.765. The number of rotatable bonds is 5. The number of aliphatic hydroxyl groups is 1. The first-order chi connectivity index (χ1) is 11.3. The highest BCUT2D eigenvalue weighted by Gasteiger charge is 2.32. The maximum absolute atomic E-state index is 9.50. The molecule has 0 bridgehead atoms. The average molecular weight is 317 g/mol. The smallest absolute Gasteiger partial charge is 0.134 e. The largest absolute Gasteiger partial charge is 0.394 e. The predicted molar refractivity (Wildman–Crippen MR) is 90.7 cm³/mol. The first-order valence-electron chi connectivity index (χ1n) is 9.03. The molecule has 1 aliphatic carbocycles. The molecule has 1 aromatic rings. The van der Waals surface area contributed by atoms with Gasteiger partial charge in [-0.3, -0.25) is 0 Å². The minimum absolute atomic E-state index is 0.201. The van der Waals surface area contributed by atoms with E-state index in [1.807, 2.05) is 6.07 Å². The summed E-state index contributed by atoms with van der Waals surface area (Å²) in [6.45, 7) is 3.59. The molecule has 2 aliphatic heterocycles. The van der Waals surface area contributed by atoms with E-state index in [1.165, 1.54) is 38.8 Å². The van der Waals surface area contributed by atoms with Gasteiger partial charge in [0.25, 0.3) is 0 Å². The van der Waals surface area contributed by atoms with Gasteiger partial charge in [-0.15, -0.1) is 0 Å². The van der Waals surface area contributed by atoms with E-state index in [2.05, 4.69) is 25.1 Å². The standard InChI is InChI=1S/C17H27N5O/c23-11-15-2-1-7-22(15)17-10-16(18-12-19-17)20-13-5-8-21(9-6-13)14-3-4-14/h10,12-15,23H,1-9,11H2,(H,18,19,20). The van der Waals surface area contributed by atoms with Crippen molar-refractivity contribution < 1.29 is 5.11 Å². The molecular weight excluding hydrogens is 290 g/mol. The number of hydrogen-bond donors (Lipinski definition) is 2. The van der Waals surface area contributed by atoms with Gasteiger partial charge in [0, 0.05) is 37.8 Å². The van der Waals surface area contributed by atoms with Crippen molar-refractivity contribution in [3.63, 3.8) is 0 Å². The molecule has 6 nitrogen and oxygen atoms in total. The normalized spacial score (nSPS) is 26.7. The van der Waals surface area contributed by atoms with Crippen molar-refractivity contribution in [1.29, 1.82) is 0 Å². The zero-order valence-corrected chi connectivity index (χ0v) is 13.7. The molecule has 0 aromatic carbocycles. The van der Waals surface area contributed by atoms with Crippen molar-refractivity contribution in [3.05, 3.63) is 12.4 Å². The zero-order chi connectivity index (χ0) is 15.6. The van der Waals surface area contributed by atoms with Crippen LogP contribution in [-0.2, 0) is 0 Å². The second kappa shape index (κ2) is 6.61. The van der Waals surface area contributed by atoms with Gasteiger partial charge in [0.05, 0.1) is 12.6 Å². The summed E-state index contributed by atoms with van der Waals surface area (Å²) in [5.41, 5.74) is 0. The molecule has 0 amide bonds. The lowest BCUT2D eigenvalue weighted by molar-refractivity contribution is 0.210. The highest BCUT2D eigenvalue weighted by atomic mass is 16.3. The van der Waals surface area contributed by atoms with E-state index in [9.17, 15) is 5.11 Å². The van der Waals surface area contributed by atoms with Crippen LogP contribution in [0.1, 0.15) is 38.5 Å². The number of aliphatic hydroxyl groups excluding tert-OH is 1. The van der Waals surface area contributed by atoms with E-state index in [-0.39, 0.29) is 12.6 Å². The third kappa shape index (κ3) is 3.43. The zero-order valence-electron chi connectivity index (χ0n) is 13.7. The van der Waals surface area contributed by atoms with Crippen LogP contribution < -0.4 is 10.2 Å². The van der Waals surface area contributed by atoms with Crippen molar-refractivity contribution in [2.75, 3.05) is 36.5 Å². The minimum atomic E-state index is 0.201. The molecule has 3 heterocycles.